The molecule has 0 fully saturated rings. The summed E-state index contributed by atoms with van der Waals surface area (Å²) in [6, 6.07) is 8.80. The number of fused-ring (bicyclic) bond motifs is 1. The number of benzene rings is 1. The van der Waals surface area contributed by atoms with Crippen molar-refractivity contribution in [3.63, 3.8) is 0 Å². The molecule has 5 heteroatoms. The Balaban J connectivity index is 2.09. The molecule has 3 rings (SSSR count). The van der Waals surface area contributed by atoms with Crippen LogP contribution in [0, 0.1) is 12.8 Å². The third-order valence-corrected chi connectivity index (χ3v) is 6.80. The topological polar surface area (TPSA) is 50.7 Å². The number of ether oxygens (including phenoxy) is 1. The third kappa shape index (κ3) is 5.65. The molecule has 0 aliphatic carbocycles. The lowest BCUT2D eigenvalue weighted by molar-refractivity contribution is -0.117. The monoisotopic (exact) mass is 438 g/mol. The van der Waals surface area contributed by atoms with E-state index in [0.29, 0.717) is 11.6 Å². The number of hydrogen-bond donors (Lipinski definition) is 1. The van der Waals surface area contributed by atoms with Crippen LogP contribution in [0.1, 0.15) is 60.1 Å². The van der Waals surface area contributed by atoms with Crippen LogP contribution in [0.5, 0.6) is 5.75 Å². The lowest BCUT2D eigenvalue weighted by Crippen LogP contribution is -2.22. The Bertz CT molecular complexity index is 1010. The van der Waals surface area contributed by atoms with E-state index in [0.717, 1.165) is 54.0 Å². The third-order valence-electron chi connectivity index (χ3n) is 5.75. The first-order chi connectivity index (χ1) is 14.8. The highest BCUT2D eigenvalue weighted by atomic mass is 32.1. The maximum absolute atomic E-state index is 12.6. The highest BCUT2D eigenvalue weighted by Gasteiger charge is 2.19. The van der Waals surface area contributed by atoms with E-state index in [1.807, 2.05) is 6.92 Å². The van der Waals surface area contributed by atoms with Gasteiger partial charge in [0.15, 0.2) is 0 Å². The van der Waals surface area contributed by atoms with Crippen LogP contribution in [-0.4, -0.2) is 25.8 Å². The van der Waals surface area contributed by atoms with Crippen molar-refractivity contribution in [2.45, 2.75) is 59.8 Å². The summed E-state index contributed by atoms with van der Waals surface area (Å²) in [5.41, 5.74) is 6.51. The molecule has 166 valence electrons. The number of likely N-dealkylation sites (N-methyl/N-ethyl adjacent to an activating group) is 1. The zero-order chi connectivity index (χ0) is 22.5. The molecule has 1 aliphatic heterocycles. The van der Waals surface area contributed by atoms with Crippen molar-refractivity contribution in [1.82, 2.24) is 5.32 Å². The molecular weight excluding hydrogens is 404 g/mol. The standard InChI is InChI=1S/C26H34N2O2S/c1-16(2)13-21-14-19-10-11-22(24-12-8-18(4)31-24)28-25(26(29)27-5)17(3)7-9-20(19)15-23(21)30-6/h8,12,14-16H,7,9-11,13H2,1-6H3,(H,27,29)/b25-17+,28-22?. The SMILES string of the molecule is CNC(=O)/C1=C(/C)CCc2cc(OC)c(CC(C)C)cc2CCC(c2ccc(C)s2)=N1. The van der Waals surface area contributed by atoms with Crippen LogP contribution in [-0.2, 0) is 24.1 Å². The van der Waals surface area contributed by atoms with Crippen LogP contribution in [0.2, 0.25) is 0 Å². The number of carbonyl (C=O) groups is 1. The smallest absolute Gasteiger partial charge is 0.269 e. The molecule has 2 aromatic rings. The van der Waals surface area contributed by atoms with Crippen LogP contribution in [0.3, 0.4) is 0 Å². The van der Waals surface area contributed by atoms with Gasteiger partial charge in [0.25, 0.3) is 5.91 Å². The number of carbonyl (C=O) groups excluding carboxylic acids is 1. The highest BCUT2D eigenvalue weighted by molar-refractivity contribution is 7.14. The second-order valence-corrected chi connectivity index (χ2v) is 10.00. The van der Waals surface area contributed by atoms with E-state index >= 15 is 0 Å². The molecule has 1 N–H and O–H groups in total. The van der Waals surface area contributed by atoms with Gasteiger partial charge in [-0.15, -0.1) is 11.3 Å². The van der Waals surface area contributed by atoms with Crippen molar-refractivity contribution in [2.75, 3.05) is 14.2 Å². The second kappa shape index (κ2) is 10.3. The Morgan fingerprint density at radius 3 is 2.45 bits per heavy atom. The summed E-state index contributed by atoms with van der Waals surface area (Å²) in [4.78, 5) is 19.9. The van der Waals surface area contributed by atoms with Gasteiger partial charge < -0.3 is 10.1 Å². The van der Waals surface area contributed by atoms with Crippen molar-refractivity contribution in [3.8, 4) is 5.75 Å². The van der Waals surface area contributed by atoms with E-state index in [1.165, 1.54) is 21.6 Å². The van der Waals surface area contributed by atoms with Crippen molar-refractivity contribution in [1.29, 1.82) is 0 Å². The lowest BCUT2D eigenvalue weighted by Gasteiger charge is -2.19. The van der Waals surface area contributed by atoms with E-state index in [1.54, 1.807) is 25.5 Å². The number of allylic oxidation sites excluding steroid dienone is 1. The Labute approximate surface area is 190 Å². The molecule has 31 heavy (non-hydrogen) atoms. The molecule has 0 unspecified atom stereocenters. The summed E-state index contributed by atoms with van der Waals surface area (Å²) >= 11 is 1.74. The van der Waals surface area contributed by atoms with Crippen LogP contribution in [0.4, 0.5) is 0 Å². The number of aliphatic imine (C=N–C) groups is 1. The van der Waals surface area contributed by atoms with E-state index in [9.17, 15) is 4.79 Å². The van der Waals surface area contributed by atoms with Crippen molar-refractivity contribution >= 4 is 23.0 Å². The molecule has 1 aromatic heterocycles. The molecular formula is C26H34N2O2S. The summed E-state index contributed by atoms with van der Waals surface area (Å²) < 4.78 is 5.74. The zero-order valence-corrected chi connectivity index (χ0v) is 20.4. The number of nitrogens with one attached hydrogen (secondary N) is 1. The van der Waals surface area contributed by atoms with Gasteiger partial charge in [-0.1, -0.05) is 19.9 Å². The minimum atomic E-state index is -0.117. The van der Waals surface area contributed by atoms with Crippen LogP contribution in [0.25, 0.3) is 0 Å². The fourth-order valence-electron chi connectivity index (χ4n) is 4.08. The number of amides is 1. The summed E-state index contributed by atoms with van der Waals surface area (Å²) in [6.45, 7) is 8.61. The van der Waals surface area contributed by atoms with Crippen LogP contribution in [0.15, 0.2) is 40.5 Å². The molecule has 4 nitrogen and oxygen atoms in total. The molecule has 0 saturated heterocycles. The second-order valence-electron chi connectivity index (χ2n) is 8.71. The Morgan fingerprint density at radius 1 is 1.13 bits per heavy atom. The largest absolute Gasteiger partial charge is 0.496 e. The van der Waals surface area contributed by atoms with Crippen molar-refractivity contribution in [3.05, 3.63) is 62.0 Å². The highest BCUT2D eigenvalue weighted by Crippen LogP contribution is 2.31. The summed E-state index contributed by atoms with van der Waals surface area (Å²) in [5, 5.41) is 2.77. The number of rotatable bonds is 5. The predicted octanol–water partition coefficient (Wildman–Crippen LogP) is 5.65. The fraction of sp³-hybridized carbons (Fsp3) is 0.462. The van der Waals surface area contributed by atoms with Gasteiger partial charge in [-0.25, -0.2) is 4.99 Å². The lowest BCUT2D eigenvalue weighted by atomic mass is 9.90. The van der Waals surface area contributed by atoms with Crippen LogP contribution >= 0.6 is 11.3 Å². The normalized spacial score (nSPS) is 17.2. The summed E-state index contributed by atoms with van der Waals surface area (Å²) in [7, 11) is 3.42. The van der Waals surface area contributed by atoms with Crippen molar-refractivity contribution in [2.24, 2.45) is 10.9 Å². The van der Waals surface area contributed by atoms with E-state index in [2.05, 4.69) is 50.4 Å². The van der Waals surface area contributed by atoms with Crippen molar-refractivity contribution < 1.29 is 9.53 Å². The van der Waals surface area contributed by atoms with Gasteiger partial charge in [-0.2, -0.15) is 0 Å². The average molecular weight is 439 g/mol. The molecule has 0 bridgehead atoms. The molecule has 1 amide bonds. The first-order valence-corrected chi connectivity index (χ1v) is 11.9. The number of nitrogens with zero attached hydrogens (tertiary/aromatic N) is 1. The minimum absolute atomic E-state index is 0.117. The summed E-state index contributed by atoms with van der Waals surface area (Å²) in [6.07, 6.45) is 4.38. The molecule has 1 aromatic carbocycles. The fourth-order valence-corrected chi connectivity index (χ4v) is 4.97. The van der Waals surface area contributed by atoms with Gasteiger partial charge in [0.2, 0.25) is 0 Å². The zero-order valence-electron chi connectivity index (χ0n) is 19.6. The molecule has 0 spiro atoms. The Kier molecular flexibility index (Phi) is 7.71. The number of methoxy groups -OCH3 is 1. The quantitative estimate of drug-likeness (QED) is 0.656. The van der Waals surface area contributed by atoms with Gasteiger partial charge in [0, 0.05) is 16.8 Å². The minimum Gasteiger partial charge on any atom is -0.496 e. The van der Waals surface area contributed by atoms with Gasteiger partial charge in [-0.05, 0) is 92.3 Å². The Hall–Kier alpha value is -2.40. The molecule has 1 aliphatic rings. The summed E-state index contributed by atoms with van der Waals surface area (Å²) in [5.74, 6) is 1.42. The maximum Gasteiger partial charge on any atom is 0.269 e. The first kappa shape index (κ1) is 23.3. The average Bonchev–Trinajstić information content (AvgIpc) is 3.17. The van der Waals surface area contributed by atoms with Crippen LogP contribution < -0.4 is 10.1 Å². The van der Waals surface area contributed by atoms with E-state index in [4.69, 9.17) is 9.73 Å². The molecule has 0 saturated carbocycles. The van der Waals surface area contributed by atoms with Gasteiger partial charge in [-0.3, -0.25) is 4.79 Å². The number of aryl methyl sites for hydroxylation is 3. The van der Waals surface area contributed by atoms with E-state index < -0.39 is 0 Å². The predicted molar refractivity (Wildman–Crippen MR) is 131 cm³/mol. The molecule has 0 atom stereocenters. The number of hydrogen-bond acceptors (Lipinski definition) is 4. The van der Waals surface area contributed by atoms with Gasteiger partial charge in [0.1, 0.15) is 11.4 Å². The first-order valence-electron chi connectivity index (χ1n) is 11.1. The number of thiophene rings is 1. The van der Waals surface area contributed by atoms with Gasteiger partial charge >= 0.3 is 0 Å². The Morgan fingerprint density at radius 2 is 1.84 bits per heavy atom. The van der Waals surface area contributed by atoms with E-state index in [-0.39, 0.29) is 5.91 Å². The molecule has 0 radical (unpaired) electrons. The molecule has 2 heterocycles. The maximum atomic E-state index is 12.6. The van der Waals surface area contributed by atoms with Gasteiger partial charge in [0.05, 0.1) is 12.8 Å².